The Morgan fingerprint density at radius 1 is 1.23 bits per heavy atom. The number of nitrogens with zero attached hydrogens (tertiary/aromatic N) is 4. The van der Waals surface area contributed by atoms with Crippen LogP contribution < -0.4 is 10.9 Å². The fourth-order valence-corrected chi connectivity index (χ4v) is 4.40. The van der Waals surface area contributed by atoms with Gasteiger partial charge in [0.15, 0.2) is 6.04 Å². The highest BCUT2D eigenvalue weighted by Gasteiger charge is 2.47. The molecule has 0 bridgehead atoms. The number of piperidine rings is 1. The van der Waals surface area contributed by atoms with Crippen molar-refractivity contribution in [3.8, 4) is 0 Å². The van der Waals surface area contributed by atoms with E-state index in [0.717, 1.165) is 4.68 Å². The van der Waals surface area contributed by atoms with Gasteiger partial charge in [0.25, 0.3) is 11.5 Å². The number of hydrogen-bond acceptors (Lipinski definition) is 4. The lowest BCUT2D eigenvalue weighted by Gasteiger charge is -2.41. The van der Waals surface area contributed by atoms with E-state index in [-0.39, 0.29) is 29.8 Å². The van der Waals surface area contributed by atoms with Gasteiger partial charge in [0.05, 0.1) is 5.69 Å². The Morgan fingerprint density at radius 3 is 2.57 bits per heavy atom. The second-order valence-electron chi connectivity index (χ2n) is 8.15. The Bertz CT molecular complexity index is 1000. The number of pyridine rings is 1. The molecule has 1 N–H and O–H groups in total. The lowest BCUT2D eigenvalue weighted by molar-refractivity contribution is -0.174. The number of halogens is 3. The Balaban J connectivity index is 1.44. The predicted molar refractivity (Wildman–Crippen MR) is 104 cm³/mol. The summed E-state index contributed by atoms with van der Waals surface area (Å²) in [6.07, 6.45) is -1.69. The molecule has 0 aliphatic carbocycles. The molecule has 30 heavy (non-hydrogen) atoms. The van der Waals surface area contributed by atoms with Crippen LogP contribution in [0, 0.1) is 12.8 Å². The standard InChI is InChI=1S/C20H24F3N5O2/c1-12-9-17-24-15(11-16(20(21,22)23)28(17)25-12)13-4-7-27(8-5-13)19(30)14-3-6-26(2)18(29)10-14/h3,6,9-10,13,15-16,24H,4-5,7-8,11H2,1-2H3/t15-,16+/m0/s1. The van der Waals surface area contributed by atoms with Gasteiger partial charge in [-0.3, -0.25) is 9.59 Å². The molecule has 4 heterocycles. The zero-order valence-electron chi connectivity index (χ0n) is 16.8. The first-order valence-electron chi connectivity index (χ1n) is 9.99. The molecule has 10 heteroatoms. The fraction of sp³-hybridized carbons (Fsp3) is 0.550. The van der Waals surface area contributed by atoms with E-state index >= 15 is 0 Å². The van der Waals surface area contributed by atoms with Crippen LogP contribution >= 0.6 is 0 Å². The molecule has 7 nitrogen and oxygen atoms in total. The first-order valence-corrected chi connectivity index (χ1v) is 9.99. The van der Waals surface area contributed by atoms with E-state index in [9.17, 15) is 22.8 Å². The number of amides is 1. The highest BCUT2D eigenvalue weighted by molar-refractivity contribution is 5.94. The van der Waals surface area contributed by atoms with Gasteiger partial charge in [0, 0.05) is 50.1 Å². The van der Waals surface area contributed by atoms with Crippen LogP contribution in [0.15, 0.2) is 29.2 Å². The van der Waals surface area contributed by atoms with Crippen molar-refractivity contribution in [3.63, 3.8) is 0 Å². The molecule has 2 aromatic heterocycles. The molecule has 162 valence electrons. The Hall–Kier alpha value is -2.78. The van der Waals surface area contributed by atoms with Gasteiger partial charge in [-0.05, 0) is 38.2 Å². The van der Waals surface area contributed by atoms with E-state index in [1.165, 1.54) is 10.6 Å². The zero-order valence-corrected chi connectivity index (χ0v) is 16.8. The molecular weight excluding hydrogens is 399 g/mol. The van der Waals surface area contributed by atoms with Crippen molar-refractivity contribution in [1.29, 1.82) is 0 Å². The van der Waals surface area contributed by atoms with Crippen molar-refractivity contribution in [2.75, 3.05) is 18.4 Å². The lowest BCUT2D eigenvalue weighted by Crippen LogP contribution is -2.47. The summed E-state index contributed by atoms with van der Waals surface area (Å²) >= 11 is 0. The molecule has 1 fully saturated rings. The molecule has 0 unspecified atom stereocenters. The first-order chi connectivity index (χ1) is 14.1. The topological polar surface area (TPSA) is 72.2 Å². The lowest BCUT2D eigenvalue weighted by atomic mass is 9.84. The number of carbonyl (C=O) groups excluding carboxylic acids is 1. The highest BCUT2D eigenvalue weighted by atomic mass is 19.4. The summed E-state index contributed by atoms with van der Waals surface area (Å²) in [5.74, 6) is 0.195. The maximum Gasteiger partial charge on any atom is 0.410 e. The average Bonchev–Trinajstić information content (AvgIpc) is 3.08. The second kappa shape index (κ2) is 7.48. The number of hydrogen-bond donors (Lipinski definition) is 1. The zero-order chi connectivity index (χ0) is 21.6. The van der Waals surface area contributed by atoms with Gasteiger partial charge >= 0.3 is 6.18 Å². The number of aromatic nitrogens is 3. The van der Waals surface area contributed by atoms with Gasteiger partial charge in [0.2, 0.25) is 0 Å². The van der Waals surface area contributed by atoms with Gasteiger partial charge < -0.3 is 14.8 Å². The summed E-state index contributed by atoms with van der Waals surface area (Å²) in [6.45, 7) is 2.58. The minimum Gasteiger partial charge on any atom is -0.367 e. The largest absolute Gasteiger partial charge is 0.410 e. The van der Waals surface area contributed by atoms with E-state index in [1.807, 2.05) is 0 Å². The molecule has 0 spiro atoms. The number of fused-ring (bicyclic) bond motifs is 1. The number of carbonyl (C=O) groups is 1. The molecule has 0 radical (unpaired) electrons. The van der Waals surface area contributed by atoms with E-state index in [2.05, 4.69) is 10.4 Å². The van der Waals surface area contributed by atoms with Crippen LogP contribution in [0.2, 0.25) is 0 Å². The maximum atomic E-state index is 13.6. The van der Waals surface area contributed by atoms with Crippen molar-refractivity contribution in [2.45, 2.75) is 44.4 Å². The third kappa shape index (κ3) is 3.82. The quantitative estimate of drug-likeness (QED) is 0.806. The monoisotopic (exact) mass is 423 g/mol. The molecule has 2 aliphatic heterocycles. The van der Waals surface area contributed by atoms with Crippen molar-refractivity contribution < 1.29 is 18.0 Å². The van der Waals surface area contributed by atoms with Crippen molar-refractivity contribution in [1.82, 2.24) is 19.2 Å². The van der Waals surface area contributed by atoms with E-state index < -0.39 is 12.2 Å². The maximum absolute atomic E-state index is 13.6. The summed E-state index contributed by atoms with van der Waals surface area (Å²) in [5.41, 5.74) is 0.623. The van der Waals surface area contributed by atoms with Gasteiger partial charge in [-0.25, -0.2) is 4.68 Å². The smallest absolute Gasteiger partial charge is 0.367 e. The normalized spacial score (nSPS) is 22.5. The molecule has 1 amide bonds. The molecular formula is C20H24F3N5O2. The second-order valence-corrected chi connectivity index (χ2v) is 8.15. The number of nitrogens with one attached hydrogen (secondary N) is 1. The first kappa shape index (κ1) is 20.5. The SMILES string of the molecule is Cc1cc2n(n1)[C@@H](C(F)(F)F)C[C@@H](C1CCN(C(=O)c3ccn(C)c(=O)c3)CC1)N2. The molecule has 2 aromatic rings. The molecule has 4 rings (SSSR count). The third-order valence-electron chi connectivity index (χ3n) is 6.09. The predicted octanol–water partition coefficient (Wildman–Crippen LogP) is 2.73. The van der Waals surface area contributed by atoms with Crippen molar-refractivity contribution in [3.05, 3.63) is 46.0 Å². The number of aryl methyl sites for hydroxylation is 2. The minimum absolute atomic E-state index is 0.0199. The Labute approximate surface area is 171 Å². The van der Waals surface area contributed by atoms with Crippen molar-refractivity contribution >= 4 is 11.7 Å². The molecule has 2 atom stereocenters. The number of likely N-dealkylation sites (tertiary alicyclic amines) is 1. The van der Waals surface area contributed by atoms with Crippen molar-refractivity contribution in [2.24, 2.45) is 13.0 Å². The van der Waals surface area contributed by atoms with E-state index in [4.69, 9.17) is 0 Å². The Kier molecular flexibility index (Phi) is 5.11. The van der Waals surface area contributed by atoms with Crippen LogP contribution in [0.1, 0.15) is 41.4 Å². The third-order valence-corrected chi connectivity index (χ3v) is 6.09. The van der Waals surface area contributed by atoms with Gasteiger partial charge in [0.1, 0.15) is 5.82 Å². The van der Waals surface area contributed by atoms with Crippen LogP contribution in [0.3, 0.4) is 0 Å². The number of rotatable bonds is 2. The summed E-state index contributed by atoms with van der Waals surface area (Å²) < 4.78 is 43.3. The highest BCUT2D eigenvalue weighted by Crippen LogP contribution is 2.42. The number of anilines is 1. The number of alkyl halides is 3. The van der Waals surface area contributed by atoms with Gasteiger partial charge in [-0.15, -0.1) is 0 Å². The van der Waals surface area contributed by atoms with Crippen LogP contribution in [-0.4, -0.2) is 50.5 Å². The van der Waals surface area contributed by atoms with Crippen LogP contribution in [0.5, 0.6) is 0 Å². The van der Waals surface area contributed by atoms with Crippen LogP contribution in [-0.2, 0) is 7.05 Å². The van der Waals surface area contributed by atoms with Crippen LogP contribution in [0.25, 0.3) is 0 Å². The van der Waals surface area contributed by atoms with E-state index in [1.54, 1.807) is 37.2 Å². The van der Waals surface area contributed by atoms with Gasteiger partial charge in [-0.1, -0.05) is 0 Å². The molecule has 1 saturated heterocycles. The van der Waals surface area contributed by atoms with Crippen LogP contribution in [0.4, 0.5) is 19.0 Å². The summed E-state index contributed by atoms with van der Waals surface area (Å²) in [4.78, 5) is 26.2. The fourth-order valence-electron chi connectivity index (χ4n) is 4.40. The summed E-state index contributed by atoms with van der Waals surface area (Å²) in [6, 6.07) is 2.58. The summed E-state index contributed by atoms with van der Waals surface area (Å²) in [5, 5.41) is 7.25. The van der Waals surface area contributed by atoms with E-state index in [0.29, 0.717) is 43.0 Å². The summed E-state index contributed by atoms with van der Waals surface area (Å²) in [7, 11) is 1.61. The minimum atomic E-state index is -4.37. The Morgan fingerprint density at radius 2 is 1.93 bits per heavy atom. The molecule has 0 aromatic carbocycles. The molecule has 0 saturated carbocycles. The average molecular weight is 423 g/mol. The van der Waals surface area contributed by atoms with Gasteiger partial charge in [-0.2, -0.15) is 18.3 Å². The molecule has 2 aliphatic rings.